The molecule has 0 saturated carbocycles. The molecule has 126 valence electrons. The normalized spacial score (nSPS) is 12.4. The Balaban J connectivity index is 2.42. The molecule has 1 aromatic heterocycles. The van der Waals surface area contributed by atoms with Crippen molar-refractivity contribution in [2.24, 2.45) is 0 Å². The van der Waals surface area contributed by atoms with Crippen molar-refractivity contribution in [2.75, 3.05) is 4.72 Å². The molecule has 0 fully saturated rings. The van der Waals surface area contributed by atoms with Gasteiger partial charge in [0.05, 0.1) is 16.9 Å². The Morgan fingerprint density at radius 3 is 2.13 bits per heavy atom. The highest BCUT2D eigenvalue weighted by molar-refractivity contribution is 7.92. The van der Waals surface area contributed by atoms with Crippen molar-refractivity contribution in [3.05, 3.63) is 41.2 Å². The second-order valence-corrected chi connectivity index (χ2v) is 8.36. The second kappa shape index (κ2) is 6.00. The molecular formula is C17H25N3O2S. The Kier molecular flexibility index (Phi) is 4.57. The van der Waals surface area contributed by atoms with Gasteiger partial charge in [-0.3, -0.25) is 9.40 Å². The topological polar surface area (TPSA) is 64.0 Å². The van der Waals surface area contributed by atoms with Gasteiger partial charge in [-0.25, -0.2) is 8.42 Å². The van der Waals surface area contributed by atoms with Crippen molar-refractivity contribution in [2.45, 2.75) is 58.4 Å². The van der Waals surface area contributed by atoms with Crippen LogP contribution < -0.4 is 4.72 Å². The molecule has 2 aromatic rings. The van der Waals surface area contributed by atoms with E-state index < -0.39 is 10.0 Å². The molecule has 0 radical (unpaired) electrons. The van der Waals surface area contributed by atoms with Crippen molar-refractivity contribution in [3.8, 4) is 0 Å². The molecule has 1 aromatic carbocycles. The molecule has 1 heterocycles. The van der Waals surface area contributed by atoms with E-state index in [1.807, 2.05) is 32.9 Å². The van der Waals surface area contributed by atoms with Gasteiger partial charge < -0.3 is 0 Å². The molecule has 0 amide bonds. The summed E-state index contributed by atoms with van der Waals surface area (Å²) >= 11 is 0. The van der Waals surface area contributed by atoms with Crippen LogP contribution in [0.2, 0.25) is 0 Å². The minimum absolute atomic E-state index is 0.256. The largest absolute Gasteiger partial charge is 0.280 e. The van der Waals surface area contributed by atoms with E-state index in [4.69, 9.17) is 0 Å². The fourth-order valence-corrected chi connectivity index (χ4v) is 4.14. The smallest absolute Gasteiger partial charge is 0.265 e. The lowest BCUT2D eigenvalue weighted by Gasteiger charge is -2.21. The van der Waals surface area contributed by atoms with Gasteiger partial charge in [0, 0.05) is 5.69 Å². The monoisotopic (exact) mass is 335 g/mol. The molecule has 0 spiro atoms. The fraction of sp³-hybridized carbons (Fsp3) is 0.471. The standard InChI is InChI=1S/C17H25N3O2S/c1-7-14-8-10-15(11-9-14)19-23(21,22)16-12(2)18-20(13(16)3)17(4,5)6/h8-11,19H,7H2,1-6H3. The van der Waals surface area contributed by atoms with Crippen LogP contribution in [-0.2, 0) is 22.0 Å². The van der Waals surface area contributed by atoms with Crippen LogP contribution in [0.3, 0.4) is 0 Å². The molecule has 5 nitrogen and oxygen atoms in total. The zero-order chi connectivity index (χ0) is 17.4. The average Bonchev–Trinajstić information content (AvgIpc) is 2.75. The molecule has 6 heteroatoms. The summed E-state index contributed by atoms with van der Waals surface area (Å²) in [7, 11) is -3.67. The van der Waals surface area contributed by atoms with Gasteiger partial charge in [-0.05, 0) is 58.7 Å². The first kappa shape index (κ1) is 17.5. The number of aryl methyl sites for hydroxylation is 2. The van der Waals surface area contributed by atoms with E-state index in [0.29, 0.717) is 17.1 Å². The summed E-state index contributed by atoms with van der Waals surface area (Å²) in [6.45, 7) is 11.6. The summed E-state index contributed by atoms with van der Waals surface area (Å²) in [4.78, 5) is 0.256. The lowest BCUT2D eigenvalue weighted by atomic mass is 10.1. The predicted molar refractivity (Wildman–Crippen MR) is 93.3 cm³/mol. The van der Waals surface area contributed by atoms with Gasteiger partial charge in [0.15, 0.2) is 0 Å². The Morgan fingerprint density at radius 2 is 1.70 bits per heavy atom. The third-order valence-corrected chi connectivity index (χ3v) is 5.38. The van der Waals surface area contributed by atoms with Crippen molar-refractivity contribution < 1.29 is 8.42 Å². The maximum absolute atomic E-state index is 12.8. The summed E-state index contributed by atoms with van der Waals surface area (Å²) in [6.07, 6.45) is 0.920. The van der Waals surface area contributed by atoms with Crippen molar-refractivity contribution in [3.63, 3.8) is 0 Å². The Morgan fingerprint density at radius 1 is 1.13 bits per heavy atom. The van der Waals surface area contributed by atoms with Crippen molar-refractivity contribution in [1.29, 1.82) is 0 Å². The van der Waals surface area contributed by atoms with E-state index in [1.165, 1.54) is 5.56 Å². The summed E-state index contributed by atoms with van der Waals surface area (Å²) in [5.74, 6) is 0. The van der Waals surface area contributed by atoms with Crippen LogP contribution in [-0.4, -0.2) is 18.2 Å². The van der Waals surface area contributed by atoms with E-state index in [2.05, 4.69) is 16.7 Å². The van der Waals surface area contributed by atoms with Crippen molar-refractivity contribution >= 4 is 15.7 Å². The highest BCUT2D eigenvalue weighted by Gasteiger charge is 2.28. The SMILES string of the molecule is CCc1ccc(NS(=O)(=O)c2c(C)nn(C(C)(C)C)c2C)cc1. The van der Waals surface area contributed by atoms with Gasteiger partial charge in [0.1, 0.15) is 4.90 Å². The minimum Gasteiger partial charge on any atom is -0.280 e. The number of rotatable bonds is 4. The molecule has 0 atom stereocenters. The number of nitrogens with one attached hydrogen (secondary N) is 1. The number of sulfonamides is 1. The van der Waals surface area contributed by atoms with Gasteiger partial charge >= 0.3 is 0 Å². The zero-order valence-electron chi connectivity index (χ0n) is 14.6. The Hall–Kier alpha value is -1.82. The summed E-state index contributed by atoms with van der Waals surface area (Å²) in [5, 5.41) is 4.41. The second-order valence-electron chi connectivity index (χ2n) is 6.74. The van der Waals surface area contributed by atoms with Crippen LogP contribution in [0.15, 0.2) is 29.2 Å². The Labute approximate surface area is 138 Å². The molecule has 1 N–H and O–H groups in total. The van der Waals surface area contributed by atoms with E-state index in [1.54, 1.807) is 30.7 Å². The molecule has 0 aliphatic rings. The number of anilines is 1. The lowest BCUT2D eigenvalue weighted by Crippen LogP contribution is -2.25. The quantitative estimate of drug-likeness (QED) is 0.928. The first-order chi connectivity index (χ1) is 10.6. The predicted octanol–water partition coefficient (Wildman–Crippen LogP) is 3.62. The first-order valence-corrected chi connectivity index (χ1v) is 9.23. The number of hydrogen-bond acceptors (Lipinski definition) is 3. The number of nitrogens with zero attached hydrogens (tertiary/aromatic N) is 2. The molecule has 2 rings (SSSR count). The maximum atomic E-state index is 12.8. The number of benzene rings is 1. The average molecular weight is 335 g/mol. The molecule has 0 aliphatic carbocycles. The third kappa shape index (κ3) is 3.58. The molecular weight excluding hydrogens is 310 g/mol. The van der Waals surface area contributed by atoms with Crippen LogP contribution in [0.5, 0.6) is 0 Å². The van der Waals surface area contributed by atoms with Crippen LogP contribution in [0.4, 0.5) is 5.69 Å². The van der Waals surface area contributed by atoms with E-state index in [-0.39, 0.29) is 10.4 Å². The number of hydrogen-bond donors (Lipinski definition) is 1. The molecule has 0 unspecified atom stereocenters. The summed E-state index contributed by atoms with van der Waals surface area (Å²) < 4.78 is 30.0. The van der Waals surface area contributed by atoms with Crippen LogP contribution in [0.1, 0.15) is 44.6 Å². The zero-order valence-corrected chi connectivity index (χ0v) is 15.5. The fourth-order valence-electron chi connectivity index (χ4n) is 2.69. The van der Waals surface area contributed by atoms with Crippen LogP contribution >= 0.6 is 0 Å². The molecule has 0 saturated heterocycles. The highest BCUT2D eigenvalue weighted by atomic mass is 32.2. The highest BCUT2D eigenvalue weighted by Crippen LogP contribution is 2.26. The third-order valence-electron chi connectivity index (χ3n) is 3.74. The maximum Gasteiger partial charge on any atom is 0.265 e. The van der Waals surface area contributed by atoms with Gasteiger partial charge in [0.2, 0.25) is 0 Å². The van der Waals surface area contributed by atoms with E-state index in [0.717, 1.165) is 6.42 Å². The van der Waals surface area contributed by atoms with Crippen LogP contribution in [0.25, 0.3) is 0 Å². The van der Waals surface area contributed by atoms with Gasteiger partial charge in [-0.2, -0.15) is 5.10 Å². The molecule has 0 bridgehead atoms. The lowest BCUT2D eigenvalue weighted by molar-refractivity contribution is 0.345. The Bertz CT molecular complexity index is 798. The first-order valence-electron chi connectivity index (χ1n) is 7.74. The van der Waals surface area contributed by atoms with Gasteiger partial charge in [-0.15, -0.1) is 0 Å². The van der Waals surface area contributed by atoms with E-state index >= 15 is 0 Å². The minimum atomic E-state index is -3.67. The van der Waals surface area contributed by atoms with Gasteiger partial charge in [0.25, 0.3) is 10.0 Å². The molecule has 23 heavy (non-hydrogen) atoms. The summed E-state index contributed by atoms with van der Waals surface area (Å²) in [5.41, 5.74) is 2.61. The number of aromatic nitrogens is 2. The summed E-state index contributed by atoms with van der Waals surface area (Å²) in [6, 6.07) is 7.43. The van der Waals surface area contributed by atoms with Crippen molar-refractivity contribution in [1.82, 2.24) is 9.78 Å². The van der Waals surface area contributed by atoms with Gasteiger partial charge in [-0.1, -0.05) is 19.1 Å². The molecule has 0 aliphatic heterocycles. The van der Waals surface area contributed by atoms with Crippen LogP contribution in [0, 0.1) is 13.8 Å². The van der Waals surface area contributed by atoms with E-state index in [9.17, 15) is 8.42 Å².